The van der Waals surface area contributed by atoms with Crippen LogP contribution < -0.4 is 5.56 Å². The molecule has 4 aromatic rings. The third-order valence-corrected chi connectivity index (χ3v) is 4.57. The van der Waals surface area contributed by atoms with Gasteiger partial charge in [0.1, 0.15) is 5.82 Å². The number of nitrogens with zero attached hydrogens (tertiary/aromatic N) is 4. The molecular weight excluding hydrogens is 372 g/mol. The van der Waals surface area contributed by atoms with E-state index < -0.39 is 0 Å². The predicted molar refractivity (Wildman–Crippen MR) is 110 cm³/mol. The van der Waals surface area contributed by atoms with Gasteiger partial charge in [-0.25, -0.2) is 9.97 Å². The molecule has 134 valence electrons. The van der Waals surface area contributed by atoms with Crippen LogP contribution in [-0.4, -0.2) is 14.5 Å². The van der Waals surface area contributed by atoms with Gasteiger partial charge in [-0.05, 0) is 48.0 Å². The lowest BCUT2D eigenvalue weighted by molar-refractivity contribution is 0.935. The van der Waals surface area contributed by atoms with Crippen LogP contribution in [0.4, 0.5) is 0 Å². The maximum atomic E-state index is 13.2. The molecule has 2 aromatic carbocycles. The molecule has 0 atom stereocenters. The highest BCUT2D eigenvalue weighted by Gasteiger charge is 2.13. The van der Waals surface area contributed by atoms with Crippen LogP contribution in [0.2, 0.25) is 5.15 Å². The first kappa shape index (κ1) is 17.7. The van der Waals surface area contributed by atoms with Gasteiger partial charge in [0.15, 0.2) is 5.15 Å². The molecule has 0 aliphatic heterocycles. The number of para-hydroxylation sites is 1. The zero-order valence-corrected chi connectivity index (χ0v) is 15.3. The Morgan fingerprint density at radius 1 is 1.00 bits per heavy atom. The van der Waals surface area contributed by atoms with Crippen molar-refractivity contribution in [1.82, 2.24) is 14.5 Å². The quantitative estimate of drug-likeness (QED) is 0.488. The van der Waals surface area contributed by atoms with Crippen molar-refractivity contribution in [1.29, 1.82) is 5.26 Å². The Bertz CT molecular complexity index is 1320. The highest BCUT2D eigenvalue weighted by atomic mass is 35.5. The Morgan fingerprint density at radius 3 is 2.61 bits per heavy atom. The fraction of sp³-hybridized carbons (Fsp3) is 0. The summed E-state index contributed by atoms with van der Waals surface area (Å²) >= 11 is 6.25. The summed E-state index contributed by atoms with van der Waals surface area (Å²) in [6.45, 7) is 0. The molecule has 0 N–H and O–H groups in total. The van der Waals surface area contributed by atoms with E-state index in [-0.39, 0.29) is 10.7 Å². The van der Waals surface area contributed by atoms with Gasteiger partial charge in [0.25, 0.3) is 5.56 Å². The molecule has 2 aromatic heterocycles. The number of halogens is 1. The smallest absolute Gasteiger partial charge is 0.266 e. The van der Waals surface area contributed by atoms with E-state index in [0.29, 0.717) is 28.0 Å². The summed E-state index contributed by atoms with van der Waals surface area (Å²) in [4.78, 5) is 21.9. The molecule has 0 aliphatic rings. The van der Waals surface area contributed by atoms with E-state index in [2.05, 4.69) is 16.0 Å². The van der Waals surface area contributed by atoms with Gasteiger partial charge in [-0.2, -0.15) is 5.26 Å². The SMILES string of the molecule is N#Cc1ccccc1C=Cc1nc2ccccc2c(=O)n1-c1cccnc1Cl. The molecule has 0 saturated heterocycles. The first-order valence-corrected chi connectivity index (χ1v) is 8.87. The summed E-state index contributed by atoms with van der Waals surface area (Å²) < 4.78 is 1.43. The second-order valence-corrected chi connectivity index (χ2v) is 6.33. The van der Waals surface area contributed by atoms with Gasteiger partial charge in [-0.15, -0.1) is 0 Å². The van der Waals surface area contributed by atoms with E-state index >= 15 is 0 Å². The van der Waals surface area contributed by atoms with Crippen molar-refractivity contribution in [2.75, 3.05) is 0 Å². The van der Waals surface area contributed by atoms with E-state index in [1.807, 2.05) is 18.2 Å². The highest BCUT2D eigenvalue weighted by Crippen LogP contribution is 2.20. The Balaban J connectivity index is 1.98. The molecule has 0 fully saturated rings. The molecule has 0 saturated carbocycles. The molecule has 6 heteroatoms. The summed E-state index contributed by atoms with van der Waals surface area (Å²) in [5, 5.41) is 9.98. The first-order valence-electron chi connectivity index (χ1n) is 8.49. The monoisotopic (exact) mass is 384 g/mol. The molecule has 0 spiro atoms. The molecular formula is C22H13ClN4O. The van der Waals surface area contributed by atoms with Gasteiger partial charge in [0, 0.05) is 6.20 Å². The van der Waals surface area contributed by atoms with Crippen LogP contribution >= 0.6 is 11.6 Å². The minimum Gasteiger partial charge on any atom is -0.268 e. The van der Waals surface area contributed by atoms with E-state index in [0.717, 1.165) is 5.56 Å². The van der Waals surface area contributed by atoms with E-state index in [1.54, 1.807) is 60.8 Å². The number of nitriles is 1. The third-order valence-electron chi connectivity index (χ3n) is 4.28. The summed E-state index contributed by atoms with van der Waals surface area (Å²) in [7, 11) is 0. The highest BCUT2D eigenvalue weighted by molar-refractivity contribution is 6.31. The van der Waals surface area contributed by atoms with Crippen LogP contribution in [0, 0.1) is 11.3 Å². The zero-order valence-electron chi connectivity index (χ0n) is 14.6. The van der Waals surface area contributed by atoms with Crippen molar-refractivity contribution in [3.05, 3.63) is 99.3 Å². The molecule has 4 rings (SSSR count). The van der Waals surface area contributed by atoms with Crippen LogP contribution in [0.15, 0.2) is 71.7 Å². The summed E-state index contributed by atoms with van der Waals surface area (Å²) in [5.74, 6) is 0.395. The lowest BCUT2D eigenvalue weighted by Crippen LogP contribution is -2.22. The van der Waals surface area contributed by atoms with Crippen molar-refractivity contribution in [2.24, 2.45) is 0 Å². The Kier molecular flexibility index (Phi) is 4.71. The van der Waals surface area contributed by atoms with Gasteiger partial charge < -0.3 is 0 Å². The van der Waals surface area contributed by atoms with Crippen molar-refractivity contribution >= 4 is 34.7 Å². The molecule has 0 amide bonds. The molecule has 0 radical (unpaired) electrons. The van der Waals surface area contributed by atoms with Crippen molar-refractivity contribution in [2.45, 2.75) is 0 Å². The van der Waals surface area contributed by atoms with Crippen LogP contribution in [0.3, 0.4) is 0 Å². The maximum Gasteiger partial charge on any atom is 0.266 e. The zero-order chi connectivity index (χ0) is 19.5. The predicted octanol–water partition coefficient (Wildman–Crippen LogP) is 4.48. The fourth-order valence-corrected chi connectivity index (χ4v) is 3.15. The first-order chi connectivity index (χ1) is 13.7. The second-order valence-electron chi connectivity index (χ2n) is 5.97. The largest absolute Gasteiger partial charge is 0.268 e. The lowest BCUT2D eigenvalue weighted by atomic mass is 10.1. The second kappa shape index (κ2) is 7.47. The van der Waals surface area contributed by atoms with Crippen LogP contribution in [0.5, 0.6) is 0 Å². The van der Waals surface area contributed by atoms with Crippen LogP contribution in [0.25, 0.3) is 28.7 Å². The average Bonchev–Trinajstić information content (AvgIpc) is 2.73. The van der Waals surface area contributed by atoms with Gasteiger partial charge in [-0.3, -0.25) is 9.36 Å². The van der Waals surface area contributed by atoms with Gasteiger partial charge >= 0.3 is 0 Å². The lowest BCUT2D eigenvalue weighted by Gasteiger charge is -2.12. The maximum absolute atomic E-state index is 13.2. The third kappa shape index (κ3) is 3.18. The number of rotatable bonds is 3. The fourth-order valence-electron chi connectivity index (χ4n) is 2.95. The number of hydrogen-bond acceptors (Lipinski definition) is 4. The average molecular weight is 385 g/mol. The van der Waals surface area contributed by atoms with E-state index in [4.69, 9.17) is 11.6 Å². The molecule has 2 heterocycles. The Labute approximate surface area is 165 Å². The minimum absolute atomic E-state index is 0.203. The van der Waals surface area contributed by atoms with E-state index in [1.165, 1.54) is 4.57 Å². The number of benzene rings is 2. The number of pyridine rings is 1. The molecule has 0 bridgehead atoms. The van der Waals surface area contributed by atoms with Gasteiger partial charge in [0.2, 0.25) is 0 Å². The van der Waals surface area contributed by atoms with Crippen LogP contribution in [0.1, 0.15) is 17.0 Å². The minimum atomic E-state index is -0.242. The summed E-state index contributed by atoms with van der Waals surface area (Å²) in [5.41, 5.74) is 2.05. The standard InChI is InChI=1S/C22H13ClN4O/c23-21-19(10-5-13-25-21)27-20(12-11-15-6-1-2-7-16(15)14-24)26-18-9-4-3-8-17(18)22(27)28/h1-13H. The number of fused-ring (bicyclic) bond motifs is 1. The van der Waals surface area contributed by atoms with Gasteiger partial charge in [0.05, 0.1) is 28.2 Å². The summed E-state index contributed by atoms with van der Waals surface area (Å²) in [6.07, 6.45) is 5.02. The van der Waals surface area contributed by atoms with Crippen molar-refractivity contribution in [3.63, 3.8) is 0 Å². The van der Waals surface area contributed by atoms with Crippen molar-refractivity contribution < 1.29 is 0 Å². The normalized spacial score (nSPS) is 11.0. The Hall–Kier alpha value is -3.75. The molecule has 28 heavy (non-hydrogen) atoms. The topological polar surface area (TPSA) is 71.6 Å². The molecule has 5 nitrogen and oxygen atoms in total. The van der Waals surface area contributed by atoms with Crippen LogP contribution in [-0.2, 0) is 0 Å². The van der Waals surface area contributed by atoms with Gasteiger partial charge in [-0.1, -0.05) is 41.9 Å². The Morgan fingerprint density at radius 2 is 1.79 bits per heavy atom. The summed E-state index contributed by atoms with van der Waals surface area (Å²) in [6, 6.07) is 19.9. The van der Waals surface area contributed by atoms with E-state index in [9.17, 15) is 10.1 Å². The molecule has 0 unspecified atom stereocenters. The number of hydrogen-bond donors (Lipinski definition) is 0. The number of aromatic nitrogens is 3. The molecule has 0 aliphatic carbocycles. The van der Waals surface area contributed by atoms with Crippen molar-refractivity contribution in [3.8, 4) is 11.8 Å².